The molecule has 0 spiro atoms. The van der Waals surface area contributed by atoms with Crippen LogP contribution in [-0.2, 0) is 4.79 Å². The van der Waals surface area contributed by atoms with Gasteiger partial charge in [0.1, 0.15) is 0 Å². The fourth-order valence-electron chi connectivity index (χ4n) is 8.12. The molecule has 4 aliphatic rings. The van der Waals surface area contributed by atoms with Crippen LogP contribution in [-0.4, -0.2) is 11.9 Å². The van der Waals surface area contributed by atoms with Crippen LogP contribution >= 0.6 is 0 Å². The van der Waals surface area contributed by atoms with E-state index < -0.39 is 0 Å². The third-order valence-corrected chi connectivity index (χ3v) is 9.14. The molecule has 136 valence electrons. The molecule has 1 aliphatic heterocycles. The smallest absolute Gasteiger partial charge is 0.220 e. The van der Waals surface area contributed by atoms with Crippen LogP contribution in [0.25, 0.3) is 0 Å². The maximum atomic E-state index is 11.9. The first kappa shape index (κ1) is 16.9. The maximum Gasteiger partial charge on any atom is 0.220 e. The summed E-state index contributed by atoms with van der Waals surface area (Å²) < 4.78 is 0. The van der Waals surface area contributed by atoms with E-state index in [-0.39, 0.29) is 0 Å². The summed E-state index contributed by atoms with van der Waals surface area (Å²) in [6, 6.07) is 0.448. The van der Waals surface area contributed by atoms with Gasteiger partial charge in [-0.25, -0.2) is 0 Å². The van der Waals surface area contributed by atoms with Gasteiger partial charge in [0.05, 0.1) is 0 Å². The molecule has 24 heavy (non-hydrogen) atoms. The van der Waals surface area contributed by atoms with E-state index in [1.54, 1.807) is 0 Å². The number of fused-ring (bicyclic) bond motifs is 5. The third-order valence-electron chi connectivity index (χ3n) is 9.14. The van der Waals surface area contributed by atoms with Crippen molar-refractivity contribution in [3.8, 4) is 0 Å². The van der Waals surface area contributed by atoms with Crippen molar-refractivity contribution in [3.63, 3.8) is 0 Å². The van der Waals surface area contributed by atoms with E-state index in [1.807, 2.05) is 0 Å². The molecular formula is C22H37NO. The zero-order valence-electron chi connectivity index (χ0n) is 16.5. The summed E-state index contributed by atoms with van der Waals surface area (Å²) in [6.45, 7) is 12.5. The van der Waals surface area contributed by atoms with E-state index in [9.17, 15) is 4.79 Å². The van der Waals surface area contributed by atoms with Crippen LogP contribution in [0.1, 0.15) is 86.0 Å². The summed E-state index contributed by atoms with van der Waals surface area (Å²) in [4.78, 5) is 11.9. The monoisotopic (exact) mass is 331 g/mol. The number of piperidine rings is 1. The van der Waals surface area contributed by atoms with Crippen molar-refractivity contribution < 1.29 is 4.79 Å². The SMILES string of the molecule is CC(C)(C)[C@H]1CC[C@H]2[C@@H]3CC[C@H]4NC(=O)CC[C@]4(C)[C@H]3CC[C@]12C. The van der Waals surface area contributed by atoms with Gasteiger partial charge in [-0.05, 0) is 84.9 Å². The van der Waals surface area contributed by atoms with E-state index in [4.69, 9.17) is 0 Å². The average molecular weight is 332 g/mol. The zero-order chi connectivity index (χ0) is 17.3. The molecule has 0 bridgehead atoms. The van der Waals surface area contributed by atoms with Crippen molar-refractivity contribution in [2.45, 2.75) is 92.0 Å². The first-order chi connectivity index (χ1) is 11.2. The van der Waals surface area contributed by atoms with Gasteiger partial charge in [0.2, 0.25) is 5.91 Å². The van der Waals surface area contributed by atoms with Crippen molar-refractivity contribution in [1.82, 2.24) is 5.32 Å². The van der Waals surface area contributed by atoms with Crippen molar-refractivity contribution >= 4 is 5.91 Å². The minimum Gasteiger partial charge on any atom is -0.353 e. The van der Waals surface area contributed by atoms with E-state index >= 15 is 0 Å². The lowest BCUT2D eigenvalue weighted by Gasteiger charge is -2.61. The summed E-state index contributed by atoms with van der Waals surface area (Å²) in [5.74, 6) is 3.86. The van der Waals surface area contributed by atoms with E-state index in [2.05, 4.69) is 39.9 Å². The minimum atomic E-state index is 0.297. The molecule has 3 saturated carbocycles. The Morgan fingerprint density at radius 3 is 2.33 bits per heavy atom. The van der Waals surface area contributed by atoms with Crippen LogP contribution in [0.2, 0.25) is 0 Å². The minimum absolute atomic E-state index is 0.297. The van der Waals surface area contributed by atoms with Crippen LogP contribution in [0, 0.1) is 39.9 Å². The largest absolute Gasteiger partial charge is 0.353 e. The number of amides is 1. The fraction of sp³-hybridized carbons (Fsp3) is 0.955. The summed E-state index contributed by atoms with van der Waals surface area (Å²) in [5, 5.41) is 3.36. The van der Waals surface area contributed by atoms with Gasteiger partial charge < -0.3 is 5.32 Å². The molecule has 1 heterocycles. The Morgan fingerprint density at radius 1 is 0.917 bits per heavy atom. The van der Waals surface area contributed by atoms with Gasteiger partial charge in [0, 0.05) is 12.5 Å². The van der Waals surface area contributed by atoms with Gasteiger partial charge in [0.25, 0.3) is 0 Å². The highest BCUT2D eigenvalue weighted by Crippen LogP contribution is 2.67. The van der Waals surface area contributed by atoms with Gasteiger partial charge >= 0.3 is 0 Å². The number of hydrogen-bond acceptors (Lipinski definition) is 1. The molecule has 1 N–H and O–H groups in total. The second-order valence-corrected chi connectivity index (χ2v) is 11.1. The highest BCUT2D eigenvalue weighted by atomic mass is 16.1. The molecule has 1 saturated heterocycles. The quantitative estimate of drug-likeness (QED) is 0.652. The fourth-order valence-corrected chi connectivity index (χ4v) is 8.12. The lowest BCUT2D eigenvalue weighted by molar-refractivity contribution is -0.138. The predicted molar refractivity (Wildman–Crippen MR) is 98.5 cm³/mol. The molecule has 0 unspecified atom stereocenters. The Balaban J connectivity index is 1.62. The standard InChI is InChI=1S/C22H37NO/c1-20(2,3)17-8-7-15-14-6-9-18-22(5,13-11-19(24)23-18)16(14)10-12-21(15,17)4/h14-18H,6-13H2,1-5H3,(H,23,24)/t14-,15-,16-,17+,18+,21-,22+/m0/s1. The molecule has 2 heteroatoms. The van der Waals surface area contributed by atoms with Crippen molar-refractivity contribution in [1.29, 1.82) is 0 Å². The second-order valence-electron chi connectivity index (χ2n) is 11.1. The number of carbonyl (C=O) groups excluding carboxylic acids is 1. The van der Waals surface area contributed by atoms with Gasteiger partial charge in [0.15, 0.2) is 0 Å². The van der Waals surface area contributed by atoms with E-state index in [0.717, 1.165) is 36.5 Å². The Labute approximate surface area is 148 Å². The Bertz CT molecular complexity index is 535. The topological polar surface area (TPSA) is 29.1 Å². The normalized spacial score (nSPS) is 51.4. The van der Waals surface area contributed by atoms with Gasteiger partial charge in [-0.3, -0.25) is 4.79 Å². The summed E-state index contributed by atoms with van der Waals surface area (Å²) in [7, 11) is 0. The number of hydrogen-bond donors (Lipinski definition) is 1. The zero-order valence-corrected chi connectivity index (χ0v) is 16.5. The summed E-state index contributed by atoms with van der Waals surface area (Å²) in [6.07, 6.45) is 10.1. The summed E-state index contributed by atoms with van der Waals surface area (Å²) >= 11 is 0. The maximum absolute atomic E-state index is 11.9. The summed E-state index contributed by atoms with van der Waals surface area (Å²) in [5.41, 5.74) is 1.36. The van der Waals surface area contributed by atoms with Crippen molar-refractivity contribution in [2.75, 3.05) is 0 Å². The Kier molecular flexibility index (Phi) is 3.69. The first-order valence-electron chi connectivity index (χ1n) is 10.5. The molecule has 1 amide bonds. The molecule has 0 aromatic heterocycles. The van der Waals surface area contributed by atoms with E-state index in [0.29, 0.717) is 28.2 Å². The van der Waals surface area contributed by atoms with Gasteiger partial charge in [-0.2, -0.15) is 0 Å². The predicted octanol–water partition coefficient (Wildman–Crippen LogP) is 5.17. The molecule has 0 aromatic rings. The lowest BCUT2D eigenvalue weighted by Crippen LogP contribution is -2.61. The molecule has 4 fully saturated rings. The van der Waals surface area contributed by atoms with Crippen LogP contribution in [0.3, 0.4) is 0 Å². The van der Waals surface area contributed by atoms with Crippen LogP contribution in [0.4, 0.5) is 0 Å². The number of carbonyl (C=O) groups is 1. The van der Waals surface area contributed by atoms with Crippen molar-refractivity contribution in [3.05, 3.63) is 0 Å². The van der Waals surface area contributed by atoms with Crippen LogP contribution in [0.5, 0.6) is 0 Å². The molecule has 0 aromatic carbocycles. The van der Waals surface area contributed by atoms with Gasteiger partial charge in [-0.15, -0.1) is 0 Å². The molecule has 0 radical (unpaired) electrons. The molecule has 7 atom stereocenters. The van der Waals surface area contributed by atoms with Gasteiger partial charge in [-0.1, -0.05) is 34.6 Å². The number of rotatable bonds is 0. The Morgan fingerprint density at radius 2 is 1.62 bits per heavy atom. The number of nitrogens with one attached hydrogen (secondary N) is 1. The Hall–Kier alpha value is -0.530. The molecular weight excluding hydrogens is 294 g/mol. The highest BCUT2D eigenvalue weighted by molar-refractivity contribution is 5.77. The van der Waals surface area contributed by atoms with E-state index in [1.165, 1.54) is 38.5 Å². The molecule has 3 aliphatic carbocycles. The van der Waals surface area contributed by atoms with Crippen LogP contribution in [0.15, 0.2) is 0 Å². The molecule has 4 rings (SSSR count). The van der Waals surface area contributed by atoms with Crippen molar-refractivity contribution in [2.24, 2.45) is 39.9 Å². The highest BCUT2D eigenvalue weighted by Gasteiger charge is 2.61. The average Bonchev–Trinajstić information content (AvgIpc) is 2.85. The van der Waals surface area contributed by atoms with Crippen LogP contribution < -0.4 is 5.32 Å². The third kappa shape index (κ3) is 2.23. The lowest BCUT2D eigenvalue weighted by atomic mass is 9.46. The first-order valence-corrected chi connectivity index (χ1v) is 10.5. The molecule has 2 nitrogen and oxygen atoms in total. The second kappa shape index (κ2) is 5.24.